The molecule has 0 aliphatic rings. The molecule has 3 N–H and O–H groups in total. The molecule has 4 aromatic carbocycles. The molecule has 0 bridgehead atoms. The third-order valence-electron chi connectivity index (χ3n) is 5.20. The van der Waals surface area contributed by atoms with Crippen LogP contribution in [0.25, 0.3) is 10.8 Å². The number of nitrogens with one attached hydrogen (secondary N) is 2. The average molecular weight is 454 g/mol. The number of phenolic OH excluding ortho intramolecular Hbond substituents is 1. The van der Waals surface area contributed by atoms with Gasteiger partial charge in [0.1, 0.15) is 17.1 Å². The molecule has 0 aliphatic heterocycles. The van der Waals surface area contributed by atoms with Crippen LogP contribution in [0, 0.1) is 0 Å². The van der Waals surface area contributed by atoms with Crippen LogP contribution in [0.1, 0.15) is 20.7 Å². The number of benzene rings is 4. The summed E-state index contributed by atoms with van der Waals surface area (Å²) in [6.07, 6.45) is 0. The predicted octanol–water partition coefficient (Wildman–Crippen LogP) is 5.58. The minimum atomic E-state index is -0.481. The van der Waals surface area contributed by atoms with Crippen molar-refractivity contribution in [3.63, 3.8) is 0 Å². The van der Waals surface area contributed by atoms with Crippen molar-refractivity contribution < 1.29 is 19.4 Å². The van der Waals surface area contributed by atoms with E-state index in [1.165, 1.54) is 20.2 Å². The Morgan fingerprint density at radius 2 is 1.62 bits per heavy atom. The Balaban J connectivity index is 1.80. The summed E-state index contributed by atoms with van der Waals surface area (Å²) in [5.74, 6) is -0.674. The highest BCUT2D eigenvalue weighted by atomic mass is 16.5. The Labute approximate surface area is 195 Å². The number of azo groups is 1. The number of amides is 2. The Morgan fingerprint density at radius 3 is 2.35 bits per heavy atom. The van der Waals surface area contributed by atoms with E-state index in [0.717, 1.165) is 0 Å². The molecule has 0 saturated carbocycles. The summed E-state index contributed by atoms with van der Waals surface area (Å²) in [6.45, 7) is 0. The summed E-state index contributed by atoms with van der Waals surface area (Å²) in [5.41, 5.74) is 1.46. The molecular weight excluding hydrogens is 432 g/mol. The molecule has 4 aromatic rings. The van der Waals surface area contributed by atoms with Gasteiger partial charge in [0.05, 0.1) is 12.7 Å². The van der Waals surface area contributed by atoms with E-state index in [4.69, 9.17) is 4.74 Å². The van der Waals surface area contributed by atoms with Crippen molar-refractivity contribution in [2.75, 3.05) is 19.5 Å². The zero-order valence-corrected chi connectivity index (χ0v) is 18.6. The second kappa shape index (κ2) is 9.83. The first-order valence-electron chi connectivity index (χ1n) is 10.4. The molecule has 0 aliphatic carbocycles. The molecule has 0 radical (unpaired) electrons. The Hall–Kier alpha value is -4.72. The van der Waals surface area contributed by atoms with Crippen molar-refractivity contribution in [1.82, 2.24) is 5.32 Å². The van der Waals surface area contributed by atoms with E-state index in [9.17, 15) is 14.7 Å². The lowest BCUT2D eigenvalue weighted by Gasteiger charge is -2.11. The summed E-state index contributed by atoms with van der Waals surface area (Å²) < 4.78 is 5.34. The van der Waals surface area contributed by atoms with Crippen molar-refractivity contribution in [1.29, 1.82) is 0 Å². The molecule has 0 fully saturated rings. The van der Waals surface area contributed by atoms with E-state index < -0.39 is 5.91 Å². The van der Waals surface area contributed by atoms with Gasteiger partial charge >= 0.3 is 0 Å². The minimum absolute atomic E-state index is 0.0579. The molecular formula is C26H22N4O4. The molecule has 170 valence electrons. The van der Waals surface area contributed by atoms with Gasteiger partial charge in [0.25, 0.3) is 11.8 Å². The summed E-state index contributed by atoms with van der Waals surface area (Å²) in [5, 5.41) is 26.2. The maximum Gasteiger partial charge on any atom is 0.259 e. The van der Waals surface area contributed by atoms with Crippen molar-refractivity contribution in [2.24, 2.45) is 10.2 Å². The van der Waals surface area contributed by atoms with Crippen LogP contribution in [0.3, 0.4) is 0 Å². The molecule has 0 unspecified atom stereocenters. The number of ether oxygens (including phenoxy) is 1. The predicted molar refractivity (Wildman–Crippen MR) is 131 cm³/mol. The molecule has 0 aromatic heterocycles. The number of para-hydroxylation sites is 1. The molecule has 4 rings (SSSR count). The van der Waals surface area contributed by atoms with Gasteiger partial charge in [-0.15, -0.1) is 10.2 Å². The second-order valence-corrected chi connectivity index (χ2v) is 7.33. The third-order valence-corrected chi connectivity index (χ3v) is 5.20. The first-order chi connectivity index (χ1) is 16.5. The van der Waals surface area contributed by atoms with E-state index in [2.05, 4.69) is 20.9 Å². The van der Waals surface area contributed by atoms with Gasteiger partial charge in [0, 0.05) is 23.7 Å². The van der Waals surface area contributed by atoms with Crippen LogP contribution in [-0.2, 0) is 0 Å². The van der Waals surface area contributed by atoms with Crippen LogP contribution in [0.4, 0.5) is 17.1 Å². The lowest BCUT2D eigenvalue weighted by Crippen LogP contribution is -2.17. The zero-order chi connectivity index (χ0) is 24.1. The van der Waals surface area contributed by atoms with E-state index in [1.807, 2.05) is 18.2 Å². The van der Waals surface area contributed by atoms with Crippen LogP contribution in [0.5, 0.6) is 11.5 Å². The maximum absolute atomic E-state index is 13.0. The lowest BCUT2D eigenvalue weighted by molar-refractivity contribution is 0.0962. The summed E-state index contributed by atoms with van der Waals surface area (Å²) in [4.78, 5) is 25.0. The fraction of sp³-hybridized carbons (Fsp3) is 0.0769. The zero-order valence-electron chi connectivity index (χ0n) is 18.6. The van der Waals surface area contributed by atoms with Gasteiger partial charge in [0.2, 0.25) is 0 Å². The highest BCUT2D eigenvalue weighted by Gasteiger charge is 2.19. The summed E-state index contributed by atoms with van der Waals surface area (Å²) in [6, 6.07) is 22.5. The Kier molecular flexibility index (Phi) is 6.49. The number of rotatable bonds is 6. The van der Waals surface area contributed by atoms with E-state index in [0.29, 0.717) is 33.5 Å². The molecule has 8 nitrogen and oxygen atoms in total. The Bertz CT molecular complexity index is 1400. The molecule has 0 saturated heterocycles. The van der Waals surface area contributed by atoms with Crippen LogP contribution in [-0.4, -0.2) is 31.1 Å². The number of phenols is 1. The molecule has 34 heavy (non-hydrogen) atoms. The van der Waals surface area contributed by atoms with Crippen molar-refractivity contribution in [3.8, 4) is 11.5 Å². The Morgan fingerprint density at radius 1 is 0.882 bits per heavy atom. The SMILES string of the molecule is CNC(=O)c1ccc(OC)c(/N=N/c2c(O)c(C(=O)Nc3ccccc3)cc3ccccc23)c1. The third kappa shape index (κ3) is 4.56. The number of fused-ring (bicyclic) bond motifs is 1. The summed E-state index contributed by atoms with van der Waals surface area (Å²) >= 11 is 0. The van der Waals surface area contributed by atoms with Crippen molar-refractivity contribution >= 4 is 39.6 Å². The van der Waals surface area contributed by atoms with Crippen LogP contribution in [0.2, 0.25) is 0 Å². The lowest BCUT2D eigenvalue weighted by atomic mass is 10.0. The first kappa shape index (κ1) is 22.5. The largest absolute Gasteiger partial charge is 0.505 e. The van der Waals surface area contributed by atoms with Crippen molar-refractivity contribution in [3.05, 3.63) is 90.0 Å². The maximum atomic E-state index is 13.0. The smallest absolute Gasteiger partial charge is 0.259 e. The van der Waals surface area contributed by atoms with Gasteiger partial charge in [-0.25, -0.2) is 0 Å². The van der Waals surface area contributed by atoms with Gasteiger partial charge in [-0.3, -0.25) is 9.59 Å². The monoisotopic (exact) mass is 454 g/mol. The van der Waals surface area contributed by atoms with Gasteiger partial charge in [-0.1, -0.05) is 42.5 Å². The molecule has 0 heterocycles. The minimum Gasteiger partial charge on any atom is -0.505 e. The van der Waals surface area contributed by atoms with E-state index in [-0.39, 0.29) is 22.9 Å². The van der Waals surface area contributed by atoms with Crippen LogP contribution >= 0.6 is 0 Å². The highest BCUT2D eigenvalue weighted by Crippen LogP contribution is 2.40. The van der Waals surface area contributed by atoms with Gasteiger partial charge in [0.15, 0.2) is 5.75 Å². The molecule has 0 spiro atoms. The second-order valence-electron chi connectivity index (χ2n) is 7.33. The number of hydrogen-bond acceptors (Lipinski definition) is 6. The fourth-order valence-electron chi connectivity index (χ4n) is 3.47. The number of hydrogen-bond donors (Lipinski definition) is 3. The summed E-state index contributed by atoms with van der Waals surface area (Å²) in [7, 11) is 3.01. The number of methoxy groups -OCH3 is 1. The fourth-order valence-corrected chi connectivity index (χ4v) is 3.47. The standard InChI is InChI=1S/C26H22N4O4/c1-27-25(32)17-12-13-22(34-2)21(15-17)29-30-23-19-11-7-6-8-16(19)14-20(24(23)31)26(33)28-18-9-4-3-5-10-18/h3-15,31H,1-2H3,(H,27,32)(H,28,33)/b30-29+. The van der Waals surface area contributed by atoms with Gasteiger partial charge < -0.3 is 20.5 Å². The first-order valence-corrected chi connectivity index (χ1v) is 10.4. The number of anilines is 1. The number of carbonyl (C=O) groups is 2. The number of nitrogens with zero attached hydrogens (tertiary/aromatic N) is 2. The topological polar surface area (TPSA) is 112 Å². The number of carbonyl (C=O) groups excluding carboxylic acids is 2. The van der Waals surface area contributed by atoms with Crippen molar-refractivity contribution in [2.45, 2.75) is 0 Å². The van der Waals surface area contributed by atoms with Crippen LogP contribution in [0.15, 0.2) is 89.1 Å². The average Bonchev–Trinajstić information content (AvgIpc) is 2.87. The normalized spacial score (nSPS) is 10.9. The van der Waals surface area contributed by atoms with E-state index >= 15 is 0 Å². The van der Waals surface area contributed by atoms with Gasteiger partial charge in [-0.05, 0) is 41.8 Å². The quantitative estimate of drug-likeness (QED) is 0.330. The number of aromatic hydroxyl groups is 1. The molecule has 8 heteroatoms. The highest BCUT2D eigenvalue weighted by molar-refractivity contribution is 6.11. The van der Waals surface area contributed by atoms with Gasteiger partial charge in [-0.2, -0.15) is 0 Å². The molecule has 2 amide bonds. The molecule has 0 atom stereocenters. The van der Waals surface area contributed by atoms with Crippen LogP contribution < -0.4 is 15.4 Å². The van der Waals surface area contributed by atoms with E-state index in [1.54, 1.807) is 54.6 Å².